The molecule has 40 valence electrons. The molecule has 0 aliphatic carbocycles. The summed E-state index contributed by atoms with van der Waals surface area (Å²) in [6, 6.07) is 0. The fourth-order valence-corrected chi connectivity index (χ4v) is 0. The molecule has 0 unspecified atom stereocenters. The molecule has 0 aliphatic rings. The molecule has 0 heterocycles. The van der Waals surface area contributed by atoms with Crippen LogP contribution in [0.3, 0.4) is 0 Å². The maximum atomic E-state index is 2.18. The van der Waals surface area contributed by atoms with E-state index in [1.807, 2.05) is 0 Å². The van der Waals surface area contributed by atoms with Crippen molar-refractivity contribution in [2.45, 2.75) is 26.7 Å². The molecule has 0 aromatic carbocycles. The van der Waals surface area contributed by atoms with Crippen LogP contribution in [0.2, 0.25) is 0 Å². The summed E-state index contributed by atoms with van der Waals surface area (Å²) in [6.45, 7) is 4.36. The Morgan fingerprint density at radius 1 is 1.00 bits per heavy atom. The van der Waals surface area contributed by atoms with Crippen LogP contribution in [-0.2, 0) is 0 Å². The van der Waals surface area contributed by atoms with Gasteiger partial charge in [0.15, 0.2) is 0 Å². The summed E-state index contributed by atoms with van der Waals surface area (Å²) in [5.74, 6) is 0. The van der Waals surface area contributed by atoms with Crippen LogP contribution in [0.4, 0.5) is 0 Å². The fourth-order valence-electron chi connectivity index (χ4n) is 0. The van der Waals surface area contributed by atoms with E-state index in [9.17, 15) is 0 Å². The van der Waals surface area contributed by atoms with E-state index in [0.29, 0.717) is 0 Å². The average molecular weight is 212 g/mol. The van der Waals surface area contributed by atoms with Crippen LogP contribution in [0.1, 0.15) is 26.7 Å². The Labute approximate surface area is 63.5 Å². The zero-order valence-corrected chi connectivity index (χ0v) is 5.54. The Morgan fingerprint density at radius 3 is 1.17 bits per heavy atom. The minimum atomic E-state index is 0. The predicted octanol–water partition coefficient (Wildman–Crippen LogP) is 1.20. The molecule has 0 N–H and O–H groups in total. The number of hydrogen-bond acceptors (Lipinski definition) is 0. The van der Waals surface area contributed by atoms with E-state index >= 15 is 0 Å². The van der Waals surface area contributed by atoms with E-state index in [0.717, 1.165) is 0 Å². The second kappa shape index (κ2) is 16.5. The standard InChI is InChI=1S/C4H10.BrH.Ga.3H/c1-3-4-2;;;;;/h3-4H2,1-2H3;1H;;;;. The van der Waals surface area contributed by atoms with Gasteiger partial charge in [-0.15, -0.1) is 17.0 Å². The first-order valence-corrected chi connectivity index (χ1v) is 1.91. The number of hydrogen-bond donors (Lipinski definition) is 0. The number of rotatable bonds is 1. The summed E-state index contributed by atoms with van der Waals surface area (Å²) in [5, 5.41) is 0. The first-order valence-electron chi connectivity index (χ1n) is 1.91. The van der Waals surface area contributed by atoms with E-state index in [1.165, 1.54) is 12.8 Å². The number of unbranched alkanes of at least 4 members (excludes halogenated alkanes) is 1. The molecular formula is C4H14BrGa. The second-order valence-electron chi connectivity index (χ2n) is 1.000. The van der Waals surface area contributed by atoms with E-state index in [4.69, 9.17) is 0 Å². The Balaban J connectivity index is -0.0000000450. The van der Waals surface area contributed by atoms with Crippen molar-refractivity contribution in [1.82, 2.24) is 0 Å². The van der Waals surface area contributed by atoms with Gasteiger partial charge >= 0.3 is 19.8 Å². The summed E-state index contributed by atoms with van der Waals surface area (Å²) in [6.07, 6.45) is 2.64. The van der Waals surface area contributed by atoms with Crippen molar-refractivity contribution < 1.29 is 0 Å². The van der Waals surface area contributed by atoms with Crippen molar-refractivity contribution >= 4 is 36.8 Å². The van der Waals surface area contributed by atoms with Crippen LogP contribution in [0.25, 0.3) is 0 Å². The van der Waals surface area contributed by atoms with Gasteiger partial charge in [-0.3, -0.25) is 0 Å². The molecule has 0 bridgehead atoms. The van der Waals surface area contributed by atoms with Gasteiger partial charge < -0.3 is 0 Å². The molecule has 0 atom stereocenters. The van der Waals surface area contributed by atoms with Gasteiger partial charge in [0.05, 0.1) is 0 Å². The van der Waals surface area contributed by atoms with Crippen LogP contribution < -0.4 is 0 Å². The zero-order valence-electron chi connectivity index (χ0n) is 3.82. The first-order chi connectivity index (χ1) is 1.91. The van der Waals surface area contributed by atoms with Gasteiger partial charge in [0.1, 0.15) is 0 Å². The van der Waals surface area contributed by atoms with Crippen LogP contribution in [0, 0.1) is 0 Å². The van der Waals surface area contributed by atoms with Gasteiger partial charge in [-0.05, 0) is 0 Å². The molecule has 0 aromatic rings. The summed E-state index contributed by atoms with van der Waals surface area (Å²) in [4.78, 5) is 0. The SMILES string of the molecule is Br.CCCC.[GaH3]. The molecule has 0 amide bonds. The van der Waals surface area contributed by atoms with E-state index in [1.54, 1.807) is 0 Å². The van der Waals surface area contributed by atoms with Crippen LogP contribution in [-0.4, -0.2) is 19.8 Å². The topological polar surface area (TPSA) is 0 Å². The monoisotopic (exact) mass is 210 g/mol. The Hall–Kier alpha value is 1.12. The van der Waals surface area contributed by atoms with Crippen LogP contribution in [0.15, 0.2) is 0 Å². The zero-order chi connectivity index (χ0) is 3.41. The summed E-state index contributed by atoms with van der Waals surface area (Å²) < 4.78 is 0. The van der Waals surface area contributed by atoms with Crippen molar-refractivity contribution in [2.24, 2.45) is 0 Å². The van der Waals surface area contributed by atoms with Crippen molar-refractivity contribution in [3.05, 3.63) is 0 Å². The minimum absolute atomic E-state index is 0. The fraction of sp³-hybridized carbons (Fsp3) is 1.00. The van der Waals surface area contributed by atoms with Gasteiger partial charge in [0.25, 0.3) is 0 Å². The van der Waals surface area contributed by atoms with E-state index in [2.05, 4.69) is 13.8 Å². The molecule has 0 saturated carbocycles. The van der Waals surface area contributed by atoms with Crippen LogP contribution in [0.5, 0.6) is 0 Å². The molecule has 0 spiro atoms. The molecule has 0 aliphatic heterocycles. The molecule has 0 fully saturated rings. The molecule has 6 heavy (non-hydrogen) atoms. The van der Waals surface area contributed by atoms with E-state index in [-0.39, 0.29) is 36.8 Å². The summed E-state index contributed by atoms with van der Waals surface area (Å²) in [5.41, 5.74) is 0. The molecule has 0 nitrogen and oxygen atoms in total. The third-order valence-corrected chi connectivity index (χ3v) is 0.500. The quantitative estimate of drug-likeness (QED) is 0.572. The molecule has 2 heteroatoms. The van der Waals surface area contributed by atoms with Gasteiger partial charge in [0.2, 0.25) is 0 Å². The Morgan fingerprint density at radius 2 is 1.17 bits per heavy atom. The first kappa shape index (κ1) is 15.7. The normalized spacial score (nSPS) is 5.00. The molecular weight excluding hydrogens is 198 g/mol. The third kappa shape index (κ3) is 19.4. The van der Waals surface area contributed by atoms with Gasteiger partial charge in [-0.1, -0.05) is 26.7 Å². The molecule has 0 rings (SSSR count). The summed E-state index contributed by atoms with van der Waals surface area (Å²) in [7, 11) is 0. The van der Waals surface area contributed by atoms with Crippen molar-refractivity contribution in [3.8, 4) is 0 Å². The third-order valence-electron chi connectivity index (χ3n) is 0.500. The Kier molecular flexibility index (Phi) is 43.2. The molecule has 0 radical (unpaired) electrons. The summed E-state index contributed by atoms with van der Waals surface area (Å²) >= 11 is 0. The van der Waals surface area contributed by atoms with Crippen molar-refractivity contribution in [1.29, 1.82) is 0 Å². The average Bonchev–Trinajstić information content (AvgIpc) is 1.37. The van der Waals surface area contributed by atoms with Gasteiger partial charge in [-0.25, -0.2) is 0 Å². The maximum absolute atomic E-state index is 2.18. The molecule has 0 saturated heterocycles. The molecule has 0 aromatic heterocycles. The van der Waals surface area contributed by atoms with E-state index < -0.39 is 0 Å². The van der Waals surface area contributed by atoms with Crippen molar-refractivity contribution in [3.63, 3.8) is 0 Å². The Bertz CT molecular complexity index is 9.51. The predicted molar refractivity (Wildman–Crippen MR) is 40.8 cm³/mol. The second-order valence-corrected chi connectivity index (χ2v) is 1.000. The number of halogens is 1. The van der Waals surface area contributed by atoms with Gasteiger partial charge in [-0.2, -0.15) is 0 Å². The van der Waals surface area contributed by atoms with Crippen molar-refractivity contribution in [2.75, 3.05) is 0 Å². The van der Waals surface area contributed by atoms with Gasteiger partial charge in [0, 0.05) is 0 Å². The van der Waals surface area contributed by atoms with Crippen LogP contribution >= 0.6 is 17.0 Å².